The number of amides is 1. The number of fused-ring (bicyclic) bond motifs is 2. The van der Waals surface area contributed by atoms with E-state index >= 15 is 0 Å². The molecule has 1 heterocycles. The van der Waals surface area contributed by atoms with Crippen molar-refractivity contribution in [2.75, 3.05) is 5.75 Å². The van der Waals surface area contributed by atoms with Crippen molar-refractivity contribution in [1.29, 1.82) is 0 Å². The fourth-order valence-electron chi connectivity index (χ4n) is 4.45. The Morgan fingerprint density at radius 3 is 2.73 bits per heavy atom. The van der Waals surface area contributed by atoms with E-state index in [0.29, 0.717) is 17.2 Å². The first-order valence-electron chi connectivity index (χ1n) is 7.81. The fraction of sp³-hybridized carbons (Fsp3) is 0.562. The second kappa shape index (κ2) is 5.26. The van der Waals surface area contributed by atoms with Crippen molar-refractivity contribution in [3.8, 4) is 0 Å². The first-order valence-corrected chi connectivity index (χ1v) is 8.86. The number of hydrogen-bond acceptors (Lipinski definition) is 4. The Balaban J connectivity index is 1.69. The molecule has 3 fully saturated rings. The number of nitrogens with zero attached hydrogens (tertiary/aromatic N) is 2. The van der Waals surface area contributed by atoms with Gasteiger partial charge in [-0.1, -0.05) is 18.6 Å². The minimum absolute atomic E-state index is 0.128. The lowest BCUT2D eigenvalue weighted by molar-refractivity contribution is -0.385. The van der Waals surface area contributed by atoms with E-state index in [2.05, 4.69) is 0 Å². The lowest BCUT2D eigenvalue weighted by atomic mass is 9.93. The van der Waals surface area contributed by atoms with Gasteiger partial charge in [0.2, 0.25) is 5.91 Å². The lowest BCUT2D eigenvalue weighted by Gasteiger charge is -2.35. The van der Waals surface area contributed by atoms with Crippen molar-refractivity contribution in [2.45, 2.75) is 37.1 Å². The first kappa shape index (κ1) is 14.1. The highest BCUT2D eigenvalue weighted by Gasteiger charge is 2.49. The molecule has 4 atom stereocenters. The molecule has 1 aliphatic heterocycles. The maximum absolute atomic E-state index is 12.4. The summed E-state index contributed by atoms with van der Waals surface area (Å²) < 4.78 is 0. The maximum Gasteiger partial charge on any atom is 0.275 e. The molecule has 0 N–H and O–H groups in total. The zero-order valence-electron chi connectivity index (χ0n) is 12.2. The number of carbonyl (C=O) groups is 1. The third-order valence-electron chi connectivity index (χ3n) is 5.36. The second-order valence-electron chi connectivity index (χ2n) is 6.52. The van der Waals surface area contributed by atoms with Crippen molar-refractivity contribution in [2.24, 2.45) is 11.8 Å². The first-order chi connectivity index (χ1) is 10.6. The topological polar surface area (TPSA) is 63.4 Å². The Morgan fingerprint density at radius 2 is 2.05 bits per heavy atom. The van der Waals surface area contributed by atoms with Crippen LogP contribution < -0.4 is 0 Å². The van der Waals surface area contributed by atoms with E-state index in [1.165, 1.54) is 37.1 Å². The van der Waals surface area contributed by atoms with E-state index in [-0.39, 0.29) is 27.9 Å². The molecular formula is C16H18N2O3S. The number of benzene rings is 1. The summed E-state index contributed by atoms with van der Waals surface area (Å²) in [4.78, 5) is 25.4. The van der Waals surface area contributed by atoms with E-state index in [1.54, 1.807) is 12.1 Å². The summed E-state index contributed by atoms with van der Waals surface area (Å²) in [5.41, 5.74) is 0.800. The van der Waals surface area contributed by atoms with Crippen LogP contribution in [0.2, 0.25) is 0 Å². The molecule has 1 aromatic rings. The Bertz CT molecular complexity index is 636. The van der Waals surface area contributed by atoms with E-state index in [4.69, 9.17) is 0 Å². The predicted molar refractivity (Wildman–Crippen MR) is 84.4 cm³/mol. The molecule has 2 bridgehead atoms. The maximum atomic E-state index is 12.4. The summed E-state index contributed by atoms with van der Waals surface area (Å²) in [6.45, 7) is 0. The van der Waals surface area contributed by atoms with Crippen LogP contribution in [0.25, 0.3) is 0 Å². The van der Waals surface area contributed by atoms with Crippen LogP contribution >= 0.6 is 11.8 Å². The molecule has 22 heavy (non-hydrogen) atoms. The average molecular weight is 318 g/mol. The zero-order chi connectivity index (χ0) is 15.3. The van der Waals surface area contributed by atoms with Gasteiger partial charge in [-0.2, -0.15) is 0 Å². The summed E-state index contributed by atoms with van der Waals surface area (Å²) in [6, 6.07) is 7.13. The molecule has 116 valence electrons. The molecule has 0 unspecified atom stereocenters. The average Bonchev–Trinajstić information content (AvgIpc) is 3.21. The predicted octanol–water partition coefficient (Wildman–Crippen LogP) is 3.36. The number of rotatable bonds is 3. The zero-order valence-corrected chi connectivity index (χ0v) is 13.0. The van der Waals surface area contributed by atoms with Gasteiger partial charge in [-0.25, -0.2) is 0 Å². The van der Waals surface area contributed by atoms with Crippen molar-refractivity contribution in [3.05, 3.63) is 39.9 Å². The Labute approximate surface area is 133 Å². The van der Waals surface area contributed by atoms with Gasteiger partial charge in [-0.3, -0.25) is 14.9 Å². The second-order valence-corrected chi connectivity index (χ2v) is 7.59. The third kappa shape index (κ3) is 2.12. The van der Waals surface area contributed by atoms with Gasteiger partial charge in [0, 0.05) is 12.1 Å². The highest BCUT2D eigenvalue weighted by molar-refractivity contribution is 8.00. The minimum Gasteiger partial charge on any atom is -0.322 e. The van der Waals surface area contributed by atoms with E-state index in [9.17, 15) is 14.9 Å². The molecule has 3 aliphatic rings. The quantitative estimate of drug-likeness (QED) is 0.633. The van der Waals surface area contributed by atoms with Crippen LogP contribution in [-0.4, -0.2) is 27.5 Å². The molecule has 2 saturated carbocycles. The Kier molecular flexibility index (Phi) is 3.36. The van der Waals surface area contributed by atoms with Crippen molar-refractivity contribution >= 4 is 23.4 Å². The SMILES string of the molecule is O=C1CS[C@H](c2ccccc2[N+](=O)[O-])N1[C@H]1C[C@@H]2CC[C@@H]1C2. The van der Waals surface area contributed by atoms with Gasteiger partial charge < -0.3 is 4.90 Å². The minimum atomic E-state index is -0.336. The fourth-order valence-corrected chi connectivity index (χ4v) is 5.71. The van der Waals surface area contributed by atoms with Crippen LogP contribution in [0, 0.1) is 22.0 Å². The molecule has 1 saturated heterocycles. The van der Waals surface area contributed by atoms with Crippen LogP contribution in [0.1, 0.15) is 36.6 Å². The summed E-state index contributed by atoms with van der Waals surface area (Å²) in [6.07, 6.45) is 4.79. The molecule has 4 rings (SSSR count). The summed E-state index contributed by atoms with van der Waals surface area (Å²) in [7, 11) is 0. The van der Waals surface area contributed by atoms with Gasteiger partial charge in [-0.05, 0) is 37.2 Å². The van der Waals surface area contributed by atoms with Gasteiger partial charge in [0.25, 0.3) is 5.69 Å². The van der Waals surface area contributed by atoms with E-state index < -0.39 is 0 Å². The molecule has 5 nitrogen and oxygen atoms in total. The normalized spacial score (nSPS) is 33.6. The number of nitro benzene ring substituents is 1. The van der Waals surface area contributed by atoms with E-state index in [0.717, 1.165) is 12.3 Å². The number of hydrogen-bond donors (Lipinski definition) is 0. The molecule has 1 amide bonds. The highest BCUT2D eigenvalue weighted by Crippen LogP contribution is 2.52. The lowest BCUT2D eigenvalue weighted by Crippen LogP contribution is -2.41. The smallest absolute Gasteiger partial charge is 0.275 e. The van der Waals surface area contributed by atoms with Gasteiger partial charge in [0.05, 0.1) is 16.2 Å². The van der Waals surface area contributed by atoms with Crippen LogP contribution in [0.15, 0.2) is 24.3 Å². The molecule has 0 spiro atoms. The van der Waals surface area contributed by atoms with Gasteiger partial charge >= 0.3 is 0 Å². The summed E-state index contributed by atoms with van der Waals surface area (Å²) in [5.74, 6) is 1.92. The van der Waals surface area contributed by atoms with Crippen molar-refractivity contribution < 1.29 is 9.72 Å². The Morgan fingerprint density at radius 1 is 1.23 bits per heavy atom. The van der Waals surface area contributed by atoms with Crippen molar-refractivity contribution in [1.82, 2.24) is 4.90 Å². The molecule has 6 heteroatoms. The molecule has 1 aromatic carbocycles. The number of thioether (sulfide) groups is 1. The summed E-state index contributed by atoms with van der Waals surface area (Å²) >= 11 is 1.53. The number of carbonyl (C=O) groups excluding carboxylic acids is 1. The number of nitro groups is 1. The monoisotopic (exact) mass is 318 g/mol. The third-order valence-corrected chi connectivity index (χ3v) is 6.57. The standard InChI is InChI=1S/C16H18N2O3S/c19-15-9-22-16(12-3-1-2-4-13(12)18(20)21)17(15)14-8-10-5-6-11(14)7-10/h1-4,10-11,14,16H,5-9H2/t10-,11-,14+,16-/m1/s1. The van der Waals surface area contributed by atoms with Gasteiger partial charge in [0.15, 0.2) is 0 Å². The van der Waals surface area contributed by atoms with Crippen LogP contribution in [-0.2, 0) is 4.79 Å². The number of para-hydroxylation sites is 1. The van der Waals surface area contributed by atoms with Crippen LogP contribution in [0.3, 0.4) is 0 Å². The van der Waals surface area contributed by atoms with Crippen LogP contribution in [0.5, 0.6) is 0 Å². The van der Waals surface area contributed by atoms with Crippen molar-refractivity contribution in [3.63, 3.8) is 0 Å². The molecule has 0 aromatic heterocycles. The molecule has 0 radical (unpaired) electrons. The molecular weight excluding hydrogens is 300 g/mol. The highest BCUT2D eigenvalue weighted by atomic mass is 32.2. The summed E-state index contributed by atoms with van der Waals surface area (Å²) in [5, 5.41) is 11.1. The Hall–Kier alpha value is -1.56. The van der Waals surface area contributed by atoms with Gasteiger partial charge in [-0.15, -0.1) is 11.8 Å². The van der Waals surface area contributed by atoms with Crippen LogP contribution in [0.4, 0.5) is 5.69 Å². The largest absolute Gasteiger partial charge is 0.322 e. The molecule has 2 aliphatic carbocycles. The van der Waals surface area contributed by atoms with Gasteiger partial charge in [0.1, 0.15) is 5.37 Å². The van der Waals surface area contributed by atoms with E-state index in [1.807, 2.05) is 11.0 Å².